The fraction of sp³-hybridized carbons (Fsp3) is 0.636. The quantitative estimate of drug-likeness (QED) is 0.408. The smallest absolute Gasteiger partial charge is 0.243 e. The number of benzene rings is 1. The highest BCUT2D eigenvalue weighted by Crippen LogP contribution is 2.03. The molecule has 2 rings (SSSR count). The van der Waals surface area contributed by atoms with Crippen LogP contribution in [-0.2, 0) is 20.9 Å². The van der Waals surface area contributed by atoms with Gasteiger partial charge in [-0.1, -0.05) is 37.3 Å². The van der Waals surface area contributed by atoms with Crippen LogP contribution in [0.1, 0.15) is 12.5 Å². The first-order valence-electron chi connectivity index (χ1n) is 10.7. The van der Waals surface area contributed by atoms with E-state index in [1.807, 2.05) is 18.2 Å². The molecule has 1 fully saturated rings. The van der Waals surface area contributed by atoms with E-state index in [2.05, 4.69) is 39.6 Å². The van der Waals surface area contributed by atoms with Crippen molar-refractivity contribution in [3.8, 4) is 0 Å². The molecule has 1 aliphatic rings. The Bertz CT molecular complexity index is 633. The predicted molar refractivity (Wildman–Crippen MR) is 120 cm³/mol. The van der Waals surface area contributed by atoms with Crippen LogP contribution in [0.5, 0.6) is 0 Å². The minimum absolute atomic E-state index is 0.0245. The monoisotopic (exact) mass is 419 g/mol. The van der Waals surface area contributed by atoms with Crippen LogP contribution in [0.2, 0.25) is 0 Å². The summed E-state index contributed by atoms with van der Waals surface area (Å²) in [5, 5.41) is 6.69. The van der Waals surface area contributed by atoms with Gasteiger partial charge in [0.2, 0.25) is 5.91 Å². The Morgan fingerprint density at radius 3 is 2.67 bits per heavy atom. The van der Waals surface area contributed by atoms with Crippen LogP contribution >= 0.6 is 0 Å². The highest BCUT2D eigenvalue weighted by Gasteiger charge is 2.11. The van der Waals surface area contributed by atoms with Crippen molar-refractivity contribution in [3.05, 3.63) is 35.9 Å². The fourth-order valence-electron chi connectivity index (χ4n) is 2.90. The second-order valence-electron chi connectivity index (χ2n) is 7.82. The lowest BCUT2D eigenvalue weighted by Gasteiger charge is -2.27. The van der Waals surface area contributed by atoms with E-state index in [-0.39, 0.29) is 12.5 Å². The summed E-state index contributed by atoms with van der Waals surface area (Å²) in [4.78, 5) is 20.3. The number of carbonyl (C=O) groups is 1. The van der Waals surface area contributed by atoms with Crippen molar-refractivity contribution in [1.82, 2.24) is 20.4 Å². The molecule has 8 nitrogen and oxygen atoms in total. The van der Waals surface area contributed by atoms with Crippen LogP contribution in [0, 0.1) is 5.92 Å². The molecule has 30 heavy (non-hydrogen) atoms. The summed E-state index contributed by atoms with van der Waals surface area (Å²) >= 11 is 0. The van der Waals surface area contributed by atoms with E-state index in [1.54, 1.807) is 19.0 Å². The Balaban J connectivity index is 1.74. The molecule has 168 valence electrons. The van der Waals surface area contributed by atoms with Gasteiger partial charge in [-0.2, -0.15) is 0 Å². The van der Waals surface area contributed by atoms with Crippen LogP contribution in [0.15, 0.2) is 35.3 Å². The van der Waals surface area contributed by atoms with Crippen molar-refractivity contribution < 1.29 is 14.3 Å². The molecule has 1 aromatic carbocycles. The van der Waals surface area contributed by atoms with Crippen LogP contribution < -0.4 is 10.6 Å². The molecule has 0 saturated carbocycles. The number of amides is 1. The molecule has 1 heterocycles. The average molecular weight is 420 g/mol. The van der Waals surface area contributed by atoms with Gasteiger partial charge in [0.15, 0.2) is 5.96 Å². The van der Waals surface area contributed by atoms with Gasteiger partial charge < -0.3 is 25.0 Å². The van der Waals surface area contributed by atoms with Gasteiger partial charge in [0.25, 0.3) is 0 Å². The molecule has 1 amide bonds. The molecule has 0 aliphatic carbocycles. The van der Waals surface area contributed by atoms with Gasteiger partial charge in [-0.05, 0) is 11.5 Å². The molecule has 0 aromatic heterocycles. The molecule has 0 spiro atoms. The van der Waals surface area contributed by atoms with Crippen LogP contribution in [0.4, 0.5) is 0 Å². The van der Waals surface area contributed by atoms with Crippen molar-refractivity contribution >= 4 is 11.9 Å². The summed E-state index contributed by atoms with van der Waals surface area (Å²) in [6.45, 7) is 9.41. The van der Waals surface area contributed by atoms with Crippen molar-refractivity contribution in [2.24, 2.45) is 10.9 Å². The van der Waals surface area contributed by atoms with E-state index < -0.39 is 0 Å². The maximum Gasteiger partial charge on any atom is 0.243 e. The minimum Gasteiger partial charge on any atom is -0.379 e. The van der Waals surface area contributed by atoms with Crippen LogP contribution in [0.25, 0.3) is 0 Å². The molecule has 8 heteroatoms. The number of nitrogens with one attached hydrogen (secondary N) is 2. The standard InChI is InChI=1S/C22H37N5O3/c1-19(17-30-18-20-7-5-4-6-8-20)15-24-22(25-16-21(28)26(2)3)23-9-10-27-11-13-29-14-12-27/h4-8,19H,9-18H2,1-3H3,(H2,23,24,25). The maximum absolute atomic E-state index is 11.9. The molecule has 1 aliphatic heterocycles. The van der Waals surface area contributed by atoms with Crippen molar-refractivity contribution in [2.75, 3.05) is 73.2 Å². The van der Waals surface area contributed by atoms with Gasteiger partial charge in [-0.15, -0.1) is 0 Å². The van der Waals surface area contributed by atoms with Crippen molar-refractivity contribution in [1.29, 1.82) is 0 Å². The largest absolute Gasteiger partial charge is 0.379 e. The third-order valence-corrected chi connectivity index (χ3v) is 4.83. The van der Waals surface area contributed by atoms with Crippen LogP contribution in [-0.4, -0.2) is 94.9 Å². The van der Waals surface area contributed by atoms with E-state index in [4.69, 9.17) is 9.47 Å². The number of ether oxygens (including phenoxy) is 2. The normalized spacial score (nSPS) is 16.2. The molecule has 0 bridgehead atoms. The number of hydrogen-bond acceptors (Lipinski definition) is 5. The second kappa shape index (κ2) is 14.0. The lowest BCUT2D eigenvalue weighted by molar-refractivity contribution is -0.127. The molecule has 1 saturated heterocycles. The van der Waals surface area contributed by atoms with Crippen molar-refractivity contribution in [2.45, 2.75) is 13.5 Å². The average Bonchev–Trinajstić information content (AvgIpc) is 2.76. The third kappa shape index (κ3) is 10.0. The van der Waals surface area contributed by atoms with Gasteiger partial charge in [0.1, 0.15) is 6.54 Å². The van der Waals surface area contributed by atoms with Gasteiger partial charge in [0, 0.05) is 46.8 Å². The molecule has 1 atom stereocenters. The third-order valence-electron chi connectivity index (χ3n) is 4.83. The van der Waals surface area contributed by atoms with Gasteiger partial charge in [-0.25, -0.2) is 4.99 Å². The Morgan fingerprint density at radius 2 is 1.97 bits per heavy atom. The van der Waals surface area contributed by atoms with Gasteiger partial charge >= 0.3 is 0 Å². The molecular formula is C22H37N5O3. The topological polar surface area (TPSA) is 78.4 Å². The van der Waals surface area contributed by atoms with E-state index in [0.29, 0.717) is 31.6 Å². The zero-order valence-corrected chi connectivity index (χ0v) is 18.6. The zero-order valence-electron chi connectivity index (χ0n) is 18.6. The van der Waals surface area contributed by atoms with E-state index >= 15 is 0 Å². The first-order valence-corrected chi connectivity index (χ1v) is 10.7. The second-order valence-corrected chi connectivity index (χ2v) is 7.82. The summed E-state index contributed by atoms with van der Waals surface area (Å²) in [7, 11) is 3.48. The summed E-state index contributed by atoms with van der Waals surface area (Å²) in [5.41, 5.74) is 1.17. The Morgan fingerprint density at radius 1 is 1.23 bits per heavy atom. The number of rotatable bonds is 11. The number of hydrogen-bond donors (Lipinski definition) is 2. The number of guanidine groups is 1. The Kier molecular flexibility index (Phi) is 11.2. The lowest BCUT2D eigenvalue weighted by Crippen LogP contribution is -2.45. The fourth-order valence-corrected chi connectivity index (χ4v) is 2.90. The first kappa shape index (κ1) is 24.1. The summed E-state index contributed by atoms with van der Waals surface area (Å²) in [6, 6.07) is 10.2. The molecule has 1 aromatic rings. The van der Waals surface area contributed by atoms with Gasteiger partial charge in [0.05, 0.1) is 26.4 Å². The minimum atomic E-state index is -0.0245. The number of likely N-dealkylation sites (N-methyl/N-ethyl adjacent to an activating group) is 1. The number of morpholine rings is 1. The van der Waals surface area contributed by atoms with Crippen molar-refractivity contribution in [3.63, 3.8) is 0 Å². The van der Waals surface area contributed by atoms with E-state index in [0.717, 1.165) is 39.4 Å². The number of aliphatic imine (C=N–C) groups is 1. The lowest BCUT2D eigenvalue weighted by atomic mass is 10.2. The molecular weight excluding hydrogens is 382 g/mol. The summed E-state index contributed by atoms with van der Waals surface area (Å²) < 4.78 is 11.2. The Hall–Kier alpha value is -2.16. The highest BCUT2D eigenvalue weighted by atomic mass is 16.5. The zero-order chi connectivity index (χ0) is 21.6. The number of nitrogens with zero attached hydrogens (tertiary/aromatic N) is 3. The molecule has 2 N–H and O–H groups in total. The predicted octanol–water partition coefficient (Wildman–Crippen LogP) is 0.795. The highest BCUT2D eigenvalue weighted by molar-refractivity contribution is 5.84. The van der Waals surface area contributed by atoms with Crippen LogP contribution in [0.3, 0.4) is 0 Å². The molecule has 0 radical (unpaired) electrons. The van der Waals surface area contributed by atoms with Gasteiger partial charge in [-0.3, -0.25) is 9.69 Å². The van der Waals surface area contributed by atoms with E-state index in [1.165, 1.54) is 5.56 Å². The molecule has 1 unspecified atom stereocenters. The Labute approximate surface area is 180 Å². The van der Waals surface area contributed by atoms with E-state index in [9.17, 15) is 4.79 Å². The number of carbonyl (C=O) groups excluding carboxylic acids is 1. The SMILES string of the molecule is CC(CNC(=NCC(=O)N(C)C)NCCN1CCOCC1)COCc1ccccc1. The summed E-state index contributed by atoms with van der Waals surface area (Å²) in [5.74, 6) is 0.946. The summed E-state index contributed by atoms with van der Waals surface area (Å²) in [6.07, 6.45) is 0. The maximum atomic E-state index is 11.9. The first-order chi connectivity index (χ1) is 14.5.